The Labute approximate surface area is 154 Å². The number of carbonyl (C=O) groups excluding carboxylic acids is 2. The number of carbonyl (C=O) groups is 2. The average molecular weight is 392 g/mol. The highest BCUT2D eigenvalue weighted by molar-refractivity contribution is 7.98. The van der Waals surface area contributed by atoms with Gasteiger partial charge in [0.15, 0.2) is 0 Å². The molecule has 2 aliphatic rings. The van der Waals surface area contributed by atoms with Crippen LogP contribution in [0.5, 0.6) is 0 Å². The van der Waals surface area contributed by atoms with E-state index in [0.717, 1.165) is 27.1 Å². The molecule has 0 bridgehead atoms. The predicted molar refractivity (Wildman–Crippen MR) is 96.1 cm³/mol. The van der Waals surface area contributed by atoms with Crippen molar-refractivity contribution in [3.05, 3.63) is 41.1 Å². The SMILES string of the molecule is Cn1nc2c(c1NC(=O)CCN1C(=O)c3ccccc3S1(=O)=O)CSC2. The van der Waals surface area contributed by atoms with Crippen molar-refractivity contribution in [3.8, 4) is 0 Å². The summed E-state index contributed by atoms with van der Waals surface area (Å²) < 4.78 is 27.4. The quantitative estimate of drug-likeness (QED) is 0.843. The third-order valence-corrected chi connectivity index (χ3v) is 7.24. The second kappa shape index (κ2) is 6.13. The van der Waals surface area contributed by atoms with Gasteiger partial charge in [-0.2, -0.15) is 16.9 Å². The smallest absolute Gasteiger partial charge is 0.269 e. The van der Waals surface area contributed by atoms with E-state index in [1.54, 1.807) is 35.6 Å². The Kier molecular flexibility index (Phi) is 4.03. The van der Waals surface area contributed by atoms with E-state index in [4.69, 9.17) is 0 Å². The van der Waals surface area contributed by atoms with Gasteiger partial charge >= 0.3 is 0 Å². The van der Waals surface area contributed by atoms with Crippen LogP contribution in [0.15, 0.2) is 29.2 Å². The maximum Gasteiger partial charge on any atom is 0.269 e. The van der Waals surface area contributed by atoms with E-state index < -0.39 is 15.9 Å². The number of aromatic nitrogens is 2. The number of aryl methyl sites for hydroxylation is 1. The van der Waals surface area contributed by atoms with Gasteiger partial charge in [-0.3, -0.25) is 14.3 Å². The first kappa shape index (κ1) is 17.1. The number of rotatable bonds is 4. The molecule has 0 fully saturated rings. The molecule has 26 heavy (non-hydrogen) atoms. The molecular weight excluding hydrogens is 376 g/mol. The molecule has 2 aliphatic heterocycles. The Bertz CT molecular complexity index is 1030. The third-order valence-electron chi connectivity index (χ3n) is 4.43. The van der Waals surface area contributed by atoms with Gasteiger partial charge in [0.05, 0.1) is 11.3 Å². The Balaban J connectivity index is 1.47. The van der Waals surface area contributed by atoms with Crippen LogP contribution in [-0.4, -0.2) is 40.9 Å². The topological polar surface area (TPSA) is 101 Å². The first-order valence-corrected chi connectivity index (χ1v) is 10.6. The van der Waals surface area contributed by atoms with Crippen molar-refractivity contribution in [2.75, 3.05) is 11.9 Å². The Morgan fingerprint density at radius 3 is 2.85 bits per heavy atom. The molecule has 0 spiro atoms. The molecule has 1 aromatic carbocycles. The number of amides is 2. The Hall–Kier alpha value is -2.33. The van der Waals surface area contributed by atoms with E-state index in [2.05, 4.69) is 10.4 Å². The lowest BCUT2D eigenvalue weighted by Crippen LogP contribution is -2.33. The molecule has 10 heteroatoms. The average Bonchev–Trinajstić information content (AvgIpc) is 3.22. The first-order chi connectivity index (χ1) is 12.4. The van der Waals surface area contributed by atoms with Crippen LogP contribution in [0, 0.1) is 0 Å². The lowest BCUT2D eigenvalue weighted by molar-refractivity contribution is -0.116. The molecule has 2 amide bonds. The number of nitrogens with zero attached hydrogens (tertiary/aromatic N) is 3. The monoisotopic (exact) mass is 392 g/mol. The zero-order valence-electron chi connectivity index (χ0n) is 13.9. The third kappa shape index (κ3) is 2.60. The minimum Gasteiger partial charge on any atom is -0.311 e. The summed E-state index contributed by atoms with van der Waals surface area (Å²) >= 11 is 1.73. The molecule has 4 rings (SSSR count). The summed E-state index contributed by atoms with van der Waals surface area (Å²) in [5.74, 6) is 1.29. The highest BCUT2D eigenvalue weighted by Gasteiger charge is 2.40. The van der Waals surface area contributed by atoms with E-state index in [0.29, 0.717) is 5.82 Å². The highest BCUT2D eigenvalue weighted by atomic mass is 32.2. The highest BCUT2D eigenvalue weighted by Crippen LogP contribution is 2.34. The Morgan fingerprint density at radius 2 is 2.08 bits per heavy atom. The number of benzene rings is 1. The van der Waals surface area contributed by atoms with Gasteiger partial charge in [-0.05, 0) is 12.1 Å². The molecule has 136 valence electrons. The van der Waals surface area contributed by atoms with Crippen molar-refractivity contribution in [1.82, 2.24) is 14.1 Å². The molecule has 3 heterocycles. The van der Waals surface area contributed by atoms with Crippen molar-refractivity contribution in [1.29, 1.82) is 0 Å². The largest absolute Gasteiger partial charge is 0.311 e. The molecule has 0 saturated heterocycles. The summed E-state index contributed by atoms with van der Waals surface area (Å²) in [6.45, 7) is -0.198. The Morgan fingerprint density at radius 1 is 1.31 bits per heavy atom. The van der Waals surface area contributed by atoms with Crippen LogP contribution >= 0.6 is 11.8 Å². The van der Waals surface area contributed by atoms with Crippen LogP contribution in [-0.2, 0) is 33.4 Å². The first-order valence-electron chi connectivity index (χ1n) is 7.98. The van der Waals surface area contributed by atoms with Crippen molar-refractivity contribution < 1.29 is 18.0 Å². The summed E-state index contributed by atoms with van der Waals surface area (Å²) in [5.41, 5.74) is 2.11. The second-order valence-corrected chi connectivity index (χ2v) is 8.88. The number of anilines is 1. The van der Waals surface area contributed by atoms with Gasteiger partial charge in [-0.15, -0.1) is 0 Å². The summed E-state index contributed by atoms with van der Waals surface area (Å²) in [4.78, 5) is 24.7. The van der Waals surface area contributed by atoms with Gasteiger partial charge < -0.3 is 5.32 Å². The van der Waals surface area contributed by atoms with Crippen molar-refractivity contribution >= 4 is 39.4 Å². The number of hydrogen-bond acceptors (Lipinski definition) is 6. The molecule has 0 saturated carbocycles. The molecule has 0 aliphatic carbocycles. The van der Waals surface area contributed by atoms with E-state index in [1.807, 2.05) is 0 Å². The molecule has 0 atom stereocenters. The lowest BCUT2D eigenvalue weighted by Gasteiger charge is -2.15. The number of sulfonamides is 1. The van der Waals surface area contributed by atoms with Crippen molar-refractivity contribution in [3.63, 3.8) is 0 Å². The van der Waals surface area contributed by atoms with Crippen molar-refractivity contribution in [2.24, 2.45) is 7.05 Å². The minimum absolute atomic E-state index is 0.00751. The summed E-state index contributed by atoms with van der Waals surface area (Å²) in [5, 5.41) is 7.16. The number of thioether (sulfide) groups is 1. The van der Waals surface area contributed by atoms with Gasteiger partial charge in [-0.25, -0.2) is 12.7 Å². The molecule has 0 unspecified atom stereocenters. The van der Waals surface area contributed by atoms with Gasteiger partial charge in [0.2, 0.25) is 5.91 Å². The zero-order valence-corrected chi connectivity index (χ0v) is 15.6. The number of nitrogens with one attached hydrogen (secondary N) is 1. The molecule has 1 N–H and O–H groups in total. The van der Waals surface area contributed by atoms with Gasteiger partial charge in [0.25, 0.3) is 15.9 Å². The van der Waals surface area contributed by atoms with E-state index >= 15 is 0 Å². The van der Waals surface area contributed by atoms with Gasteiger partial charge in [0, 0.05) is 37.1 Å². The molecule has 2 aromatic rings. The number of fused-ring (bicyclic) bond motifs is 2. The van der Waals surface area contributed by atoms with Crippen LogP contribution < -0.4 is 5.32 Å². The minimum atomic E-state index is -3.89. The van der Waals surface area contributed by atoms with Crippen LogP contribution in [0.4, 0.5) is 5.82 Å². The molecule has 8 nitrogen and oxygen atoms in total. The maximum absolute atomic E-state index is 12.5. The van der Waals surface area contributed by atoms with Crippen molar-refractivity contribution in [2.45, 2.75) is 22.8 Å². The van der Waals surface area contributed by atoms with Crippen LogP contribution in [0.25, 0.3) is 0 Å². The standard InChI is InChI=1S/C16H16N4O4S2/c1-19-15(11-8-25-9-12(11)18-19)17-14(21)6-7-20-16(22)10-4-2-3-5-13(10)26(20,23)24/h2-5H,6-9H2,1H3,(H,17,21). The fourth-order valence-corrected chi connectivity index (χ4v) is 5.75. The van der Waals surface area contributed by atoms with Crippen LogP contribution in [0.1, 0.15) is 28.0 Å². The molecular formula is C16H16N4O4S2. The lowest BCUT2D eigenvalue weighted by atomic mass is 10.2. The molecule has 0 radical (unpaired) electrons. The van der Waals surface area contributed by atoms with E-state index in [1.165, 1.54) is 12.1 Å². The summed E-state index contributed by atoms with van der Waals surface area (Å²) in [6, 6.07) is 6.06. The fraction of sp³-hybridized carbons (Fsp3) is 0.312. The van der Waals surface area contributed by atoms with Crippen LogP contribution in [0.3, 0.4) is 0 Å². The summed E-state index contributed by atoms with van der Waals surface area (Å²) in [7, 11) is -2.13. The second-order valence-electron chi connectivity index (χ2n) is 6.07. The van der Waals surface area contributed by atoms with E-state index in [-0.39, 0.29) is 29.3 Å². The van der Waals surface area contributed by atoms with E-state index in [9.17, 15) is 18.0 Å². The predicted octanol–water partition coefficient (Wildman–Crippen LogP) is 1.34. The van der Waals surface area contributed by atoms with Gasteiger partial charge in [0.1, 0.15) is 10.7 Å². The van der Waals surface area contributed by atoms with Crippen LogP contribution in [0.2, 0.25) is 0 Å². The summed E-state index contributed by atoms with van der Waals surface area (Å²) in [6.07, 6.45) is -0.119. The maximum atomic E-state index is 12.5. The molecule has 1 aromatic heterocycles. The zero-order chi connectivity index (χ0) is 18.5. The number of hydrogen-bond donors (Lipinski definition) is 1. The fourth-order valence-electron chi connectivity index (χ4n) is 3.15. The van der Waals surface area contributed by atoms with Gasteiger partial charge in [-0.1, -0.05) is 12.1 Å². The normalized spacial score (nSPS) is 17.3.